The SMILES string of the molecule is Cc1cccc(C)c1OC[C@H]1CNC[C@@H](C)O1. The van der Waals surface area contributed by atoms with E-state index in [1.807, 2.05) is 0 Å². The average molecular weight is 235 g/mol. The topological polar surface area (TPSA) is 30.5 Å². The van der Waals surface area contributed by atoms with Crippen LogP contribution in [0, 0.1) is 13.8 Å². The molecule has 2 rings (SSSR count). The highest BCUT2D eigenvalue weighted by Gasteiger charge is 2.19. The van der Waals surface area contributed by atoms with Crippen LogP contribution < -0.4 is 10.1 Å². The molecule has 0 saturated carbocycles. The Morgan fingerprint density at radius 3 is 2.65 bits per heavy atom. The molecule has 0 radical (unpaired) electrons. The average Bonchev–Trinajstić information content (AvgIpc) is 2.28. The van der Waals surface area contributed by atoms with E-state index in [9.17, 15) is 0 Å². The van der Waals surface area contributed by atoms with Crippen LogP contribution in [0.25, 0.3) is 0 Å². The molecule has 1 aromatic carbocycles. The lowest BCUT2D eigenvalue weighted by molar-refractivity contribution is -0.0472. The van der Waals surface area contributed by atoms with Gasteiger partial charge in [0.25, 0.3) is 0 Å². The first-order chi connectivity index (χ1) is 8.16. The molecule has 0 bridgehead atoms. The number of morpholine rings is 1. The van der Waals surface area contributed by atoms with Crippen molar-refractivity contribution in [1.29, 1.82) is 0 Å². The van der Waals surface area contributed by atoms with Crippen molar-refractivity contribution in [1.82, 2.24) is 5.32 Å². The molecular formula is C14H21NO2. The number of rotatable bonds is 3. The first-order valence-electron chi connectivity index (χ1n) is 6.22. The minimum Gasteiger partial charge on any atom is -0.490 e. The molecule has 0 aromatic heterocycles. The summed E-state index contributed by atoms with van der Waals surface area (Å²) in [5.41, 5.74) is 2.36. The Bertz CT molecular complexity index is 358. The Morgan fingerprint density at radius 1 is 1.29 bits per heavy atom. The predicted molar refractivity (Wildman–Crippen MR) is 68.6 cm³/mol. The van der Waals surface area contributed by atoms with Crippen LogP contribution in [0.1, 0.15) is 18.1 Å². The van der Waals surface area contributed by atoms with Crippen molar-refractivity contribution in [2.75, 3.05) is 19.7 Å². The fraction of sp³-hybridized carbons (Fsp3) is 0.571. The van der Waals surface area contributed by atoms with Crippen LogP contribution in [-0.4, -0.2) is 31.9 Å². The summed E-state index contributed by atoms with van der Waals surface area (Å²) < 4.78 is 11.7. The summed E-state index contributed by atoms with van der Waals surface area (Å²) >= 11 is 0. The second kappa shape index (κ2) is 5.52. The summed E-state index contributed by atoms with van der Waals surface area (Å²) in [6.07, 6.45) is 0.424. The van der Waals surface area contributed by atoms with Gasteiger partial charge >= 0.3 is 0 Å². The number of nitrogens with one attached hydrogen (secondary N) is 1. The summed E-state index contributed by atoms with van der Waals surface area (Å²) in [5, 5.41) is 3.35. The summed E-state index contributed by atoms with van der Waals surface area (Å²) in [4.78, 5) is 0. The number of hydrogen-bond acceptors (Lipinski definition) is 3. The molecule has 1 N–H and O–H groups in total. The van der Waals surface area contributed by atoms with Crippen LogP contribution in [0.15, 0.2) is 18.2 Å². The van der Waals surface area contributed by atoms with Gasteiger partial charge in [-0.1, -0.05) is 18.2 Å². The molecule has 94 valence electrons. The van der Waals surface area contributed by atoms with Gasteiger partial charge in [-0.25, -0.2) is 0 Å². The maximum Gasteiger partial charge on any atom is 0.125 e. The van der Waals surface area contributed by atoms with Gasteiger partial charge in [0.2, 0.25) is 0 Å². The van der Waals surface area contributed by atoms with Crippen molar-refractivity contribution in [3.05, 3.63) is 29.3 Å². The molecular weight excluding hydrogens is 214 g/mol. The number of benzene rings is 1. The van der Waals surface area contributed by atoms with Crippen molar-refractivity contribution < 1.29 is 9.47 Å². The summed E-state index contributed by atoms with van der Waals surface area (Å²) in [7, 11) is 0. The third-order valence-corrected chi connectivity index (χ3v) is 3.05. The van der Waals surface area contributed by atoms with Crippen molar-refractivity contribution in [3.8, 4) is 5.75 Å². The van der Waals surface area contributed by atoms with Crippen LogP contribution in [0.2, 0.25) is 0 Å². The zero-order chi connectivity index (χ0) is 12.3. The van der Waals surface area contributed by atoms with E-state index in [0.717, 1.165) is 18.8 Å². The number of para-hydroxylation sites is 1. The quantitative estimate of drug-likeness (QED) is 0.870. The van der Waals surface area contributed by atoms with Gasteiger partial charge in [0.1, 0.15) is 18.5 Å². The van der Waals surface area contributed by atoms with Gasteiger partial charge < -0.3 is 14.8 Å². The molecule has 3 nitrogen and oxygen atoms in total. The second-order valence-corrected chi connectivity index (χ2v) is 4.76. The zero-order valence-electron chi connectivity index (χ0n) is 10.8. The fourth-order valence-corrected chi connectivity index (χ4v) is 2.17. The van der Waals surface area contributed by atoms with E-state index in [1.54, 1.807) is 0 Å². The Kier molecular flexibility index (Phi) is 4.02. The lowest BCUT2D eigenvalue weighted by Crippen LogP contribution is -2.45. The monoisotopic (exact) mass is 235 g/mol. The Labute approximate surface area is 103 Å². The molecule has 17 heavy (non-hydrogen) atoms. The van der Waals surface area contributed by atoms with E-state index in [1.165, 1.54) is 11.1 Å². The van der Waals surface area contributed by atoms with E-state index in [0.29, 0.717) is 6.61 Å². The number of aryl methyl sites for hydroxylation is 2. The second-order valence-electron chi connectivity index (χ2n) is 4.76. The molecule has 1 heterocycles. The van der Waals surface area contributed by atoms with Gasteiger partial charge in [0.15, 0.2) is 0 Å². The van der Waals surface area contributed by atoms with Crippen molar-refractivity contribution in [2.24, 2.45) is 0 Å². The van der Waals surface area contributed by atoms with Crippen LogP contribution in [0.3, 0.4) is 0 Å². The van der Waals surface area contributed by atoms with Crippen LogP contribution >= 0.6 is 0 Å². The molecule has 1 saturated heterocycles. The van der Waals surface area contributed by atoms with Crippen LogP contribution in [0.5, 0.6) is 5.75 Å². The highest BCUT2D eigenvalue weighted by atomic mass is 16.5. The van der Waals surface area contributed by atoms with Crippen molar-refractivity contribution in [2.45, 2.75) is 33.0 Å². The number of ether oxygens (including phenoxy) is 2. The van der Waals surface area contributed by atoms with Crippen LogP contribution in [0.4, 0.5) is 0 Å². The normalized spacial score (nSPS) is 24.6. The first kappa shape index (κ1) is 12.4. The first-order valence-corrected chi connectivity index (χ1v) is 6.22. The Hall–Kier alpha value is -1.06. The molecule has 0 unspecified atom stereocenters. The maximum absolute atomic E-state index is 5.89. The van der Waals surface area contributed by atoms with E-state index in [2.05, 4.69) is 44.3 Å². The molecule has 1 aliphatic rings. The fourth-order valence-electron chi connectivity index (χ4n) is 2.17. The lowest BCUT2D eigenvalue weighted by Gasteiger charge is -2.29. The minimum atomic E-state index is 0.151. The summed E-state index contributed by atoms with van der Waals surface area (Å²) in [6, 6.07) is 6.20. The number of hydrogen-bond donors (Lipinski definition) is 1. The standard InChI is InChI=1S/C14H21NO2/c1-10-5-4-6-11(2)14(10)16-9-13-8-15-7-12(3)17-13/h4-6,12-13,15H,7-9H2,1-3H3/t12-,13-/m1/s1. The highest BCUT2D eigenvalue weighted by Crippen LogP contribution is 2.22. The molecule has 2 atom stereocenters. The van der Waals surface area contributed by atoms with Gasteiger partial charge in [0.05, 0.1) is 6.10 Å². The smallest absolute Gasteiger partial charge is 0.125 e. The van der Waals surface area contributed by atoms with Gasteiger partial charge in [0, 0.05) is 13.1 Å². The van der Waals surface area contributed by atoms with E-state index < -0.39 is 0 Å². The van der Waals surface area contributed by atoms with Gasteiger partial charge in [-0.2, -0.15) is 0 Å². The van der Waals surface area contributed by atoms with Crippen molar-refractivity contribution in [3.63, 3.8) is 0 Å². The largest absolute Gasteiger partial charge is 0.490 e. The van der Waals surface area contributed by atoms with Crippen molar-refractivity contribution >= 4 is 0 Å². The predicted octanol–water partition coefficient (Wildman–Crippen LogP) is 2.06. The molecule has 0 aliphatic carbocycles. The molecule has 1 aliphatic heterocycles. The van der Waals surface area contributed by atoms with Gasteiger partial charge in [-0.05, 0) is 31.9 Å². The third kappa shape index (κ3) is 3.20. The minimum absolute atomic E-state index is 0.151. The summed E-state index contributed by atoms with van der Waals surface area (Å²) in [5.74, 6) is 0.995. The molecule has 3 heteroatoms. The zero-order valence-corrected chi connectivity index (χ0v) is 10.8. The Balaban J connectivity index is 1.93. The van der Waals surface area contributed by atoms with Gasteiger partial charge in [-0.15, -0.1) is 0 Å². The molecule has 0 amide bonds. The van der Waals surface area contributed by atoms with Crippen LogP contribution in [-0.2, 0) is 4.74 Å². The molecule has 1 fully saturated rings. The van der Waals surface area contributed by atoms with E-state index >= 15 is 0 Å². The third-order valence-electron chi connectivity index (χ3n) is 3.05. The molecule has 1 aromatic rings. The van der Waals surface area contributed by atoms with Gasteiger partial charge in [-0.3, -0.25) is 0 Å². The van der Waals surface area contributed by atoms with E-state index in [4.69, 9.17) is 9.47 Å². The Morgan fingerprint density at radius 2 is 2.00 bits per heavy atom. The highest BCUT2D eigenvalue weighted by molar-refractivity contribution is 5.39. The molecule has 0 spiro atoms. The lowest BCUT2D eigenvalue weighted by atomic mass is 10.1. The summed E-state index contributed by atoms with van der Waals surface area (Å²) in [6.45, 7) is 8.65. The maximum atomic E-state index is 5.89. The van der Waals surface area contributed by atoms with E-state index in [-0.39, 0.29) is 12.2 Å².